The molecule has 0 atom stereocenters. The highest BCUT2D eigenvalue weighted by molar-refractivity contribution is 5.84. The Morgan fingerprint density at radius 1 is 0.594 bits per heavy atom. The van der Waals surface area contributed by atoms with Crippen molar-refractivity contribution in [2.45, 2.75) is 6.92 Å². The Hall–Kier alpha value is -3.79. The molecule has 4 aromatic carbocycles. The van der Waals surface area contributed by atoms with E-state index in [9.17, 15) is 30.7 Å². The highest BCUT2D eigenvalue weighted by Crippen LogP contribution is 2.30. The van der Waals surface area contributed by atoms with Crippen LogP contribution < -0.4 is 0 Å². The summed E-state index contributed by atoms with van der Waals surface area (Å²) in [6, 6.07) is 8.05. The molecular formula is C25H11F7. The molecule has 0 fully saturated rings. The Morgan fingerprint density at radius 2 is 1.22 bits per heavy atom. The van der Waals surface area contributed by atoms with Gasteiger partial charge in [0.15, 0.2) is 17.5 Å². The van der Waals surface area contributed by atoms with Crippen LogP contribution >= 0.6 is 0 Å². The standard InChI is InChI=1S/C25H11F7/c1-12-6-20(28)23(21(29)7-12)15-10-18(26)17(19(27)11-15)5-3-13-2-4-16-14(8-13)9-22(30)25(32)24(16)31/h2,4,6-11H,1H3. The second kappa shape index (κ2) is 8.04. The highest BCUT2D eigenvalue weighted by atomic mass is 19.2. The van der Waals surface area contributed by atoms with Crippen molar-refractivity contribution < 1.29 is 30.7 Å². The minimum absolute atomic E-state index is 0.00909. The molecule has 32 heavy (non-hydrogen) atoms. The fourth-order valence-corrected chi connectivity index (χ4v) is 3.33. The molecule has 0 aromatic heterocycles. The average molecular weight is 444 g/mol. The monoisotopic (exact) mass is 444 g/mol. The van der Waals surface area contributed by atoms with Gasteiger partial charge in [-0.3, -0.25) is 0 Å². The molecule has 0 nitrogen and oxygen atoms in total. The van der Waals surface area contributed by atoms with Crippen LogP contribution in [0, 0.1) is 59.5 Å². The zero-order valence-electron chi connectivity index (χ0n) is 16.3. The molecule has 0 radical (unpaired) electrons. The van der Waals surface area contributed by atoms with Crippen molar-refractivity contribution >= 4 is 10.8 Å². The van der Waals surface area contributed by atoms with Gasteiger partial charge < -0.3 is 0 Å². The highest BCUT2D eigenvalue weighted by Gasteiger charge is 2.17. The minimum Gasteiger partial charge on any atom is -0.206 e. The van der Waals surface area contributed by atoms with Crippen LogP contribution in [-0.4, -0.2) is 0 Å². The Kier molecular flexibility index (Phi) is 5.39. The summed E-state index contributed by atoms with van der Waals surface area (Å²) in [6.45, 7) is 1.47. The van der Waals surface area contributed by atoms with Gasteiger partial charge in [-0.15, -0.1) is 0 Å². The van der Waals surface area contributed by atoms with E-state index in [1.165, 1.54) is 19.1 Å². The molecule has 160 valence electrons. The van der Waals surface area contributed by atoms with Gasteiger partial charge in [0, 0.05) is 10.9 Å². The number of benzene rings is 4. The third kappa shape index (κ3) is 3.80. The van der Waals surface area contributed by atoms with Gasteiger partial charge >= 0.3 is 0 Å². The van der Waals surface area contributed by atoms with Gasteiger partial charge in [0.1, 0.15) is 23.3 Å². The number of hydrogen-bond acceptors (Lipinski definition) is 0. The summed E-state index contributed by atoms with van der Waals surface area (Å²) in [7, 11) is 0. The van der Waals surface area contributed by atoms with Crippen molar-refractivity contribution in [2.24, 2.45) is 0 Å². The fourth-order valence-electron chi connectivity index (χ4n) is 3.33. The van der Waals surface area contributed by atoms with Gasteiger partial charge in [-0.25, -0.2) is 30.7 Å². The summed E-state index contributed by atoms with van der Waals surface area (Å²) in [5.74, 6) is -3.85. The smallest absolute Gasteiger partial charge is 0.195 e. The lowest BCUT2D eigenvalue weighted by Crippen LogP contribution is -1.97. The zero-order valence-corrected chi connectivity index (χ0v) is 16.3. The molecule has 0 aliphatic rings. The van der Waals surface area contributed by atoms with Crippen LogP contribution in [0.5, 0.6) is 0 Å². The first-order valence-corrected chi connectivity index (χ1v) is 9.20. The first-order chi connectivity index (χ1) is 15.2. The average Bonchev–Trinajstić information content (AvgIpc) is 2.70. The van der Waals surface area contributed by atoms with Gasteiger partial charge in [0.25, 0.3) is 0 Å². The maximum Gasteiger partial charge on any atom is 0.195 e. The van der Waals surface area contributed by atoms with E-state index in [1.54, 1.807) is 0 Å². The van der Waals surface area contributed by atoms with Crippen LogP contribution in [0.3, 0.4) is 0 Å². The van der Waals surface area contributed by atoms with Gasteiger partial charge in [-0.05, 0) is 65.9 Å². The van der Waals surface area contributed by atoms with E-state index in [1.807, 2.05) is 0 Å². The van der Waals surface area contributed by atoms with Crippen molar-refractivity contribution in [3.63, 3.8) is 0 Å². The maximum atomic E-state index is 14.5. The van der Waals surface area contributed by atoms with E-state index in [0.717, 1.165) is 36.4 Å². The number of fused-ring (bicyclic) bond motifs is 1. The molecule has 0 saturated heterocycles. The van der Waals surface area contributed by atoms with E-state index < -0.39 is 51.8 Å². The molecule has 0 N–H and O–H groups in total. The van der Waals surface area contributed by atoms with Crippen molar-refractivity contribution in [2.75, 3.05) is 0 Å². The number of aryl methyl sites for hydroxylation is 1. The largest absolute Gasteiger partial charge is 0.206 e. The quantitative estimate of drug-likeness (QED) is 0.166. The maximum absolute atomic E-state index is 14.5. The van der Waals surface area contributed by atoms with Crippen molar-refractivity contribution in [3.8, 4) is 23.0 Å². The molecular weight excluding hydrogens is 433 g/mol. The van der Waals surface area contributed by atoms with Crippen LogP contribution in [0.15, 0.2) is 48.5 Å². The number of rotatable bonds is 1. The van der Waals surface area contributed by atoms with Crippen LogP contribution in [0.25, 0.3) is 21.9 Å². The van der Waals surface area contributed by atoms with E-state index in [0.29, 0.717) is 5.56 Å². The predicted octanol–water partition coefficient (Wildman–Crippen LogP) is 7.19. The van der Waals surface area contributed by atoms with Gasteiger partial charge in [-0.1, -0.05) is 17.9 Å². The molecule has 0 aliphatic heterocycles. The molecule has 7 heteroatoms. The Balaban J connectivity index is 1.75. The third-order valence-corrected chi connectivity index (χ3v) is 4.82. The van der Waals surface area contributed by atoms with Crippen LogP contribution in [-0.2, 0) is 0 Å². The molecule has 0 aliphatic carbocycles. The van der Waals surface area contributed by atoms with E-state index in [4.69, 9.17) is 0 Å². The van der Waals surface area contributed by atoms with Crippen LogP contribution in [0.4, 0.5) is 30.7 Å². The van der Waals surface area contributed by atoms with Crippen molar-refractivity contribution in [1.82, 2.24) is 0 Å². The summed E-state index contributed by atoms with van der Waals surface area (Å²) >= 11 is 0. The normalized spacial score (nSPS) is 10.9. The molecule has 0 unspecified atom stereocenters. The Morgan fingerprint density at radius 3 is 1.84 bits per heavy atom. The molecule has 0 spiro atoms. The van der Waals surface area contributed by atoms with E-state index in [-0.39, 0.29) is 21.9 Å². The molecule has 4 rings (SSSR count). The van der Waals surface area contributed by atoms with Crippen LogP contribution in [0.1, 0.15) is 16.7 Å². The number of halogens is 7. The second-order valence-electron chi connectivity index (χ2n) is 7.09. The fraction of sp³-hybridized carbons (Fsp3) is 0.0400. The molecule has 0 amide bonds. The Labute approximate surface area is 177 Å². The lowest BCUT2D eigenvalue weighted by molar-refractivity contribution is 0.453. The summed E-state index contributed by atoms with van der Waals surface area (Å²) in [6.07, 6.45) is 0. The Bertz CT molecular complexity index is 1410. The van der Waals surface area contributed by atoms with E-state index in [2.05, 4.69) is 11.8 Å². The molecule has 4 aromatic rings. The van der Waals surface area contributed by atoms with Crippen molar-refractivity contribution in [3.05, 3.63) is 106 Å². The summed E-state index contributed by atoms with van der Waals surface area (Å²) in [5.41, 5.74) is -1.09. The number of hydrogen-bond donors (Lipinski definition) is 0. The predicted molar refractivity (Wildman–Crippen MR) is 106 cm³/mol. The zero-order chi connectivity index (χ0) is 23.2. The van der Waals surface area contributed by atoms with Crippen molar-refractivity contribution in [1.29, 1.82) is 0 Å². The summed E-state index contributed by atoms with van der Waals surface area (Å²) < 4.78 is 97.9. The summed E-state index contributed by atoms with van der Waals surface area (Å²) in [5, 5.41) is -0.173. The molecule has 0 heterocycles. The van der Waals surface area contributed by atoms with Gasteiger partial charge in [0.05, 0.1) is 11.1 Å². The molecule has 0 bridgehead atoms. The first kappa shape index (κ1) is 21.4. The second-order valence-corrected chi connectivity index (χ2v) is 7.09. The molecule has 0 saturated carbocycles. The summed E-state index contributed by atoms with van der Waals surface area (Å²) in [4.78, 5) is 0. The van der Waals surface area contributed by atoms with Crippen LogP contribution in [0.2, 0.25) is 0 Å². The minimum atomic E-state index is -1.61. The van der Waals surface area contributed by atoms with Gasteiger partial charge in [0.2, 0.25) is 0 Å². The third-order valence-electron chi connectivity index (χ3n) is 4.82. The topological polar surface area (TPSA) is 0 Å². The lowest BCUT2D eigenvalue weighted by atomic mass is 10.00. The SMILES string of the molecule is Cc1cc(F)c(-c2cc(F)c(C#Cc3ccc4c(F)c(F)c(F)cc4c3)c(F)c2)c(F)c1. The lowest BCUT2D eigenvalue weighted by Gasteiger charge is -2.08. The first-order valence-electron chi connectivity index (χ1n) is 9.20. The van der Waals surface area contributed by atoms with E-state index >= 15 is 0 Å². The van der Waals surface area contributed by atoms with Gasteiger partial charge in [-0.2, -0.15) is 0 Å².